The van der Waals surface area contributed by atoms with Crippen molar-refractivity contribution in [3.8, 4) is 18.2 Å². The maximum Gasteiger partial charge on any atom is 0.411 e. The molecule has 0 aliphatic heterocycles. The fourth-order valence-electron chi connectivity index (χ4n) is 2.58. The van der Waals surface area contributed by atoms with E-state index in [-0.39, 0.29) is 12.5 Å². The number of pyridine rings is 1. The number of amides is 1. The minimum Gasteiger partial charge on any atom is -0.391 e. The average molecular weight is 405 g/mol. The molecule has 152 valence electrons. The second-order valence-corrected chi connectivity index (χ2v) is 6.10. The van der Waals surface area contributed by atoms with Crippen LogP contribution in [0.5, 0.6) is 5.88 Å². The zero-order valence-corrected chi connectivity index (χ0v) is 16.2. The van der Waals surface area contributed by atoms with E-state index >= 15 is 0 Å². The lowest BCUT2D eigenvalue weighted by atomic mass is 10.1. The Kier molecular flexibility index (Phi) is 6.68. The van der Waals surface area contributed by atoms with Crippen molar-refractivity contribution in [1.82, 2.24) is 25.2 Å². The molecule has 0 spiro atoms. The van der Waals surface area contributed by atoms with Gasteiger partial charge >= 0.3 is 6.09 Å². The molecular formula is C20H19N7O3. The standard InChI is InChI=1S/C20H19N7O3/c1-3-4-8-15-11-12-16(22-19(15)30-20(21)28)13-29-24-17(14-9-6-5-7-10-14)18-23-25-26-27(18)2/h1,5-7,9-12H,4,8,13H2,2H3,(H2,21,28)/b24-17-. The van der Waals surface area contributed by atoms with Crippen LogP contribution in [0, 0.1) is 12.3 Å². The van der Waals surface area contributed by atoms with Crippen LogP contribution in [0.2, 0.25) is 0 Å². The third-order valence-electron chi connectivity index (χ3n) is 3.98. The summed E-state index contributed by atoms with van der Waals surface area (Å²) in [6.45, 7) is 0.0200. The van der Waals surface area contributed by atoms with Gasteiger partial charge in [-0.25, -0.2) is 14.5 Å². The van der Waals surface area contributed by atoms with Crippen molar-refractivity contribution < 1.29 is 14.4 Å². The van der Waals surface area contributed by atoms with E-state index in [1.807, 2.05) is 30.3 Å². The number of aryl methyl sites for hydroxylation is 2. The van der Waals surface area contributed by atoms with Crippen LogP contribution >= 0.6 is 0 Å². The smallest absolute Gasteiger partial charge is 0.391 e. The van der Waals surface area contributed by atoms with Crippen LogP contribution in [-0.4, -0.2) is 37.0 Å². The highest BCUT2D eigenvalue weighted by atomic mass is 16.6. The Labute approximate surface area is 172 Å². The number of oxime groups is 1. The molecule has 2 heterocycles. The molecule has 30 heavy (non-hydrogen) atoms. The maximum absolute atomic E-state index is 11.2. The fourth-order valence-corrected chi connectivity index (χ4v) is 2.58. The normalized spacial score (nSPS) is 11.0. The van der Waals surface area contributed by atoms with Crippen LogP contribution < -0.4 is 10.5 Å². The highest BCUT2D eigenvalue weighted by Gasteiger charge is 2.15. The molecular weight excluding hydrogens is 386 g/mol. The summed E-state index contributed by atoms with van der Waals surface area (Å²) in [6.07, 6.45) is 5.32. The van der Waals surface area contributed by atoms with Crippen LogP contribution in [0.15, 0.2) is 47.6 Å². The summed E-state index contributed by atoms with van der Waals surface area (Å²) in [6, 6.07) is 12.9. The van der Waals surface area contributed by atoms with Crippen molar-refractivity contribution in [2.24, 2.45) is 17.9 Å². The van der Waals surface area contributed by atoms with Crippen molar-refractivity contribution in [1.29, 1.82) is 0 Å². The molecule has 0 radical (unpaired) electrons. The largest absolute Gasteiger partial charge is 0.411 e. The van der Waals surface area contributed by atoms with Crippen LogP contribution in [0.25, 0.3) is 0 Å². The molecule has 0 fully saturated rings. The van der Waals surface area contributed by atoms with Crippen molar-refractivity contribution in [2.45, 2.75) is 19.4 Å². The maximum atomic E-state index is 11.2. The van der Waals surface area contributed by atoms with Gasteiger partial charge in [0.25, 0.3) is 0 Å². The SMILES string of the molecule is C#CCCc1ccc(CO/N=C(/c2ccccc2)c2nnnn2C)nc1OC(N)=O. The zero-order chi connectivity index (χ0) is 21.3. The van der Waals surface area contributed by atoms with E-state index in [0.29, 0.717) is 35.6 Å². The van der Waals surface area contributed by atoms with Gasteiger partial charge in [-0.3, -0.25) is 0 Å². The molecule has 0 bridgehead atoms. The predicted octanol–water partition coefficient (Wildman–Crippen LogP) is 1.60. The Bertz CT molecular complexity index is 1090. The Balaban J connectivity index is 1.82. The summed E-state index contributed by atoms with van der Waals surface area (Å²) in [4.78, 5) is 21.0. The lowest BCUT2D eigenvalue weighted by molar-refractivity contribution is 0.127. The van der Waals surface area contributed by atoms with Gasteiger partial charge in [-0.2, -0.15) is 0 Å². The fraction of sp³-hybridized carbons (Fsp3) is 0.200. The number of nitrogens with zero attached hydrogens (tertiary/aromatic N) is 6. The third-order valence-corrected chi connectivity index (χ3v) is 3.98. The topological polar surface area (TPSA) is 130 Å². The lowest BCUT2D eigenvalue weighted by Crippen LogP contribution is -2.18. The van der Waals surface area contributed by atoms with Crippen LogP contribution in [0.4, 0.5) is 4.79 Å². The quantitative estimate of drug-likeness (QED) is 0.342. The van der Waals surface area contributed by atoms with Crippen LogP contribution in [0.3, 0.4) is 0 Å². The summed E-state index contributed by atoms with van der Waals surface area (Å²) in [7, 11) is 1.71. The number of hydrogen-bond donors (Lipinski definition) is 1. The van der Waals surface area contributed by atoms with E-state index < -0.39 is 6.09 Å². The molecule has 0 aliphatic rings. The number of tetrazole rings is 1. The van der Waals surface area contributed by atoms with Crippen LogP contribution in [-0.2, 0) is 24.9 Å². The molecule has 2 N–H and O–H groups in total. The van der Waals surface area contributed by atoms with Crippen molar-refractivity contribution in [3.63, 3.8) is 0 Å². The first-order valence-electron chi connectivity index (χ1n) is 8.96. The van der Waals surface area contributed by atoms with Crippen molar-refractivity contribution >= 4 is 11.8 Å². The Morgan fingerprint density at radius 3 is 2.73 bits per heavy atom. The van der Waals surface area contributed by atoms with Gasteiger partial charge < -0.3 is 15.3 Å². The predicted molar refractivity (Wildman–Crippen MR) is 107 cm³/mol. The number of rotatable bonds is 8. The van der Waals surface area contributed by atoms with E-state index in [0.717, 1.165) is 5.56 Å². The number of benzene rings is 1. The number of hydrogen-bond acceptors (Lipinski definition) is 8. The highest BCUT2D eigenvalue weighted by molar-refractivity contribution is 6.10. The van der Waals surface area contributed by atoms with Crippen LogP contribution in [0.1, 0.15) is 29.1 Å². The molecule has 1 amide bonds. The summed E-state index contributed by atoms with van der Waals surface area (Å²) in [5.41, 5.74) is 7.54. The number of carbonyl (C=O) groups excluding carboxylic acids is 1. The van der Waals surface area contributed by atoms with Gasteiger partial charge in [-0.05, 0) is 22.9 Å². The number of carbonyl (C=O) groups is 1. The van der Waals surface area contributed by atoms with Gasteiger partial charge in [0.1, 0.15) is 0 Å². The second kappa shape index (κ2) is 9.79. The monoisotopic (exact) mass is 405 g/mol. The lowest BCUT2D eigenvalue weighted by Gasteiger charge is -2.09. The van der Waals surface area contributed by atoms with Crippen molar-refractivity contribution in [3.05, 3.63) is 65.1 Å². The first kappa shape index (κ1) is 20.5. The first-order chi connectivity index (χ1) is 14.6. The van der Waals surface area contributed by atoms with E-state index in [2.05, 4.69) is 31.6 Å². The Hall–Kier alpha value is -4.26. The number of ether oxygens (including phenoxy) is 1. The molecule has 1 aromatic carbocycles. The molecule has 0 aliphatic carbocycles. The molecule has 3 aromatic rings. The number of terminal acetylenes is 1. The average Bonchev–Trinajstić information content (AvgIpc) is 3.16. The van der Waals surface area contributed by atoms with Gasteiger partial charge in [0.15, 0.2) is 12.3 Å². The van der Waals surface area contributed by atoms with Gasteiger partial charge in [0, 0.05) is 24.6 Å². The summed E-state index contributed by atoms with van der Waals surface area (Å²) < 4.78 is 6.48. The van der Waals surface area contributed by atoms with E-state index in [4.69, 9.17) is 21.7 Å². The molecule has 10 heteroatoms. The van der Waals surface area contributed by atoms with Gasteiger partial charge in [0.05, 0.1) is 5.69 Å². The molecule has 10 nitrogen and oxygen atoms in total. The van der Waals surface area contributed by atoms with E-state index in [9.17, 15) is 4.79 Å². The number of nitrogens with two attached hydrogens (primary N) is 1. The Morgan fingerprint density at radius 2 is 2.07 bits per heavy atom. The van der Waals surface area contributed by atoms with Gasteiger partial charge in [-0.15, -0.1) is 17.4 Å². The molecule has 0 unspecified atom stereocenters. The van der Waals surface area contributed by atoms with Crippen molar-refractivity contribution in [2.75, 3.05) is 0 Å². The molecule has 0 saturated heterocycles. The third kappa shape index (κ3) is 5.17. The van der Waals surface area contributed by atoms with Gasteiger partial charge in [-0.1, -0.05) is 41.6 Å². The molecule has 3 rings (SSSR count). The number of primary amides is 1. The van der Waals surface area contributed by atoms with E-state index in [1.54, 1.807) is 19.2 Å². The minimum absolute atomic E-state index is 0.0200. The highest BCUT2D eigenvalue weighted by Crippen LogP contribution is 2.19. The summed E-state index contributed by atoms with van der Waals surface area (Å²) in [5, 5.41) is 15.7. The first-order valence-corrected chi connectivity index (χ1v) is 8.96. The summed E-state index contributed by atoms with van der Waals surface area (Å²) in [5.74, 6) is 3.07. The summed E-state index contributed by atoms with van der Waals surface area (Å²) >= 11 is 0. The number of aromatic nitrogens is 5. The zero-order valence-electron chi connectivity index (χ0n) is 16.2. The van der Waals surface area contributed by atoms with Gasteiger partial charge in [0.2, 0.25) is 11.7 Å². The van der Waals surface area contributed by atoms with E-state index in [1.165, 1.54) is 4.68 Å². The minimum atomic E-state index is -0.957. The Morgan fingerprint density at radius 1 is 1.27 bits per heavy atom. The molecule has 2 aromatic heterocycles. The molecule has 0 saturated carbocycles. The second-order valence-electron chi connectivity index (χ2n) is 6.10. The molecule has 0 atom stereocenters.